The molecule has 0 aliphatic heterocycles. The number of para-hydroxylation sites is 2. The molecule has 2 aromatic rings. The lowest BCUT2D eigenvalue weighted by atomic mass is 10.3. The highest BCUT2D eigenvalue weighted by Crippen LogP contribution is 2.22. The lowest BCUT2D eigenvalue weighted by Crippen LogP contribution is -2.29. The van der Waals surface area contributed by atoms with Crippen molar-refractivity contribution in [3.8, 4) is 5.69 Å². The summed E-state index contributed by atoms with van der Waals surface area (Å²) >= 11 is 3.31. The van der Waals surface area contributed by atoms with Gasteiger partial charge in [0.2, 0.25) is 0 Å². The first-order chi connectivity index (χ1) is 8.90. The molecular weight excluding hydrogens is 332 g/mol. The van der Waals surface area contributed by atoms with Crippen molar-refractivity contribution < 1.29 is 8.42 Å². The minimum absolute atomic E-state index is 0.465. The lowest BCUT2D eigenvalue weighted by molar-refractivity contribution is 0.527. The van der Waals surface area contributed by atoms with Crippen LogP contribution in [0.3, 0.4) is 0 Å². The van der Waals surface area contributed by atoms with Gasteiger partial charge >= 0.3 is 10.2 Å². The summed E-state index contributed by atoms with van der Waals surface area (Å²) in [6.07, 6.45) is 3.39. The summed E-state index contributed by atoms with van der Waals surface area (Å²) in [7, 11) is -0.609. The van der Waals surface area contributed by atoms with Crippen molar-refractivity contribution in [2.75, 3.05) is 18.8 Å². The SMILES string of the molecule is CN(C)S(=O)(=O)Nc1ccccc1-n1cc(Br)cn1. The fourth-order valence-corrected chi connectivity index (χ4v) is 2.34. The maximum absolute atomic E-state index is 11.9. The Kier molecular flexibility index (Phi) is 3.93. The first kappa shape index (κ1) is 14.0. The zero-order valence-corrected chi connectivity index (χ0v) is 12.8. The Morgan fingerprint density at radius 2 is 2.00 bits per heavy atom. The second kappa shape index (κ2) is 5.32. The van der Waals surface area contributed by atoms with Crippen LogP contribution in [0.25, 0.3) is 5.69 Å². The molecule has 2 rings (SSSR count). The fourth-order valence-electron chi connectivity index (χ4n) is 1.42. The monoisotopic (exact) mass is 344 g/mol. The molecule has 1 heterocycles. The number of halogens is 1. The van der Waals surface area contributed by atoms with E-state index in [0.717, 1.165) is 8.78 Å². The van der Waals surface area contributed by atoms with Crippen molar-refractivity contribution in [2.45, 2.75) is 0 Å². The Morgan fingerprint density at radius 1 is 1.32 bits per heavy atom. The van der Waals surface area contributed by atoms with Crippen LogP contribution in [-0.2, 0) is 10.2 Å². The van der Waals surface area contributed by atoms with Crippen LogP contribution >= 0.6 is 15.9 Å². The molecule has 0 bridgehead atoms. The van der Waals surface area contributed by atoms with Crippen LogP contribution in [0.15, 0.2) is 41.1 Å². The van der Waals surface area contributed by atoms with E-state index in [4.69, 9.17) is 0 Å². The molecule has 0 spiro atoms. The molecule has 1 N–H and O–H groups in total. The second-order valence-electron chi connectivity index (χ2n) is 4.01. The average molecular weight is 345 g/mol. The van der Waals surface area contributed by atoms with Crippen LogP contribution in [0.5, 0.6) is 0 Å². The van der Waals surface area contributed by atoms with Gasteiger partial charge in [0, 0.05) is 20.3 Å². The van der Waals surface area contributed by atoms with Crippen LogP contribution in [0, 0.1) is 0 Å². The van der Waals surface area contributed by atoms with E-state index in [-0.39, 0.29) is 0 Å². The first-order valence-electron chi connectivity index (χ1n) is 5.40. The number of nitrogens with zero attached hydrogens (tertiary/aromatic N) is 3. The van der Waals surface area contributed by atoms with Crippen LogP contribution in [-0.4, -0.2) is 36.6 Å². The highest BCUT2D eigenvalue weighted by molar-refractivity contribution is 9.10. The molecule has 6 nitrogen and oxygen atoms in total. The molecule has 0 saturated carbocycles. The van der Waals surface area contributed by atoms with E-state index in [0.29, 0.717) is 11.4 Å². The molecule has 0 saturated heterocycles. The highest BCUT2D eigenvalue weighted by Gasteiger charge is 2.15. The van der Waals surface area contributed by atoms with E-state index >= 15 is 0 Å². The maximum Gasteiger partial charge on any atom is 0.301 e. The molecule has 0 amide bonds. The first-order valence-corrected chi connectivity index (χ1v) is 7.63. The molecule has 0 fully saturated rings. The number of benzene rings is 1. The van der Waals surface area contributed by atoms with E-state index in [1.165, 1.54) is 14.1 Å². The maximum atomic E-state index is 11.9. The van der Waals surface area contributed by atoms with E-state index in [2.05, 4.69) is 25.8 Å². The third kappa shape index (κ3) is 3.14. The quantitative estimate of drug-likeness (QED) is 0.920. The van der Waals surface area contributed by atoms with Gasteiger partial charge in [0.25, 0.3) is 0 Å². The van der Waals surface area contributed by atoms with Crippen LogP contribution in [0.1, 0.15) is 0 Å². The van der Waals surface area contributed by atoms with Gasteiger partial charge in [0.05, 0.1) is 22.0 Å². The van der Waals surface area contributed by atoms with E-state index in [1.54, 1.807) is 35.3 Å². The third-order valence-electron chi connectivity index (χ3n) is 2.42. The van der Waals surface area contributed by atoms with Crippen LogP contribution < -0.4 is 4.72 Å². The Labute approximate surface area is 120 Å². The third-order valence-corrected chi connectivity index (χ3v) is 4.27. The van der Waals surface area contributed by atoms with Gasteiger partial charge in [-0.05, 0) is 28.1 Å². The van der Waals surface area contributed by atoms with E-state index in [1.807, 2.05) is 6.07 Å². The van der Waals surface area contributed by atoms with Crippen molar-refractivity contribution in [3.05, 3.63) is 41.1 Å². The van der Waals surface area contributed by atoms with Crippen molar-refractivity contribution >= 4 is 31.8 Å². The van der Waals surface area contributed by atoms with Gasteiger partial charge in [-0.25, -0.2) is 4.68 Å². The lowest BCUT2D eigenvalue weighted by Gasteiger charge is -2.15. The van der Waals surface area contributed by atoms with Gasteiger partial charge in [-0.15, -0.1) is 0 Å². The zero-order chi connectivity index (χ0) is 14.0. The van der Waals surface area contributed by atoms with Crippen LogP contribution in [0.4, 0.5) is 5.69 Å². The van der Waals surface area contributed by atoms with Crippen LogP contribution in [0.2, 0.25) is 0 Å². The molecule has 0 radical (unpaired) electrons. The predicted octanol–water partition coefficient (Wildman–Crippen LogP) is 1.85. The number of hydrogen-bond acceptors (Lipinski definition) is 3. The largest absolute Gasteiger partial charge is 0.301 e. The Hall–Kier alpha value is -1.38. The van der Waals surface area contributed by atoms with E-state index in [9.17, 15) is 8.42 Å². The number of rotatable bonds is 4. The summed E-state index contributed by atoms with van der Waals surface area (Å²) in [4.78, 5) is 0. The van der Waals surface area contributed by atoms with Gasteiger partial charge in [-0.2, -0.15) is 17.8 Å². The van der Waals surface area contributed by atoms with Gasteiger partial charge in [0.1, 0.15) is 0 Å². The Morgan fingerprint density at radius 3 is 2.58 bits per heavy atom. The van der Waals surface area contributed by atoms with E-state index < -0.39 is 10.2 Å². The number of aromatic nitrogens is 2. The topological polar surface area (TPSA) is 67.2 Å². The van der Waals surface area contributed by atoms with Crippen molar-refractivity contribution in [3.63, 3.8) is 0 Å². The van der Waals surface area contributed by atoms with Gasteiger partial charge in [-0.3, -0.25) is 4.72 Å². The standard InChI is InChI=1S/C11H13BrN4O2S/c1-15(2)19(17,18)14-10-5-3-4-6-11(10)16-8-9(12)7-13-16/h3-8,14H,1-2H3. The molecule has 102 valence electrons. The molecule has 8 heteroatoms. The molecule has 0 aliphatic rings. The average Bonchev–Trinajstić information content (AvgIpc) is 2.76. The van der Waals surface area contributed by atoms with Gasteiger partial charge < -0.3 is 0 Å². The summed E-state index contributed by atoms with van der Waals surface area (Å²) in [5.41, 5.74) is 1.12. The summed E-state index contributed by atoms with van der Waals surface area (Å²) in [5.74, 6) is 0. The molecular formula is C11H13BrN4O2S. The van der Waals surface area contributed by atoms with Crippen molar-refractivity contribution in [2.24, 2.45) is 0 Å². The molecule has 19 heavy (non-hydrogen) atoms. The summed E-state index contributed by atoms with van der Waals surface area (Å²) in [5, 5.41) is 4.14. The molecule has 0 aliphatic carbocycles. The molecule has 1 aromatic heterocycles. The zero-order valence-electron chi connectivity index (χ0n) is 10.4. The number of anilines is 1. The van der Waals surface area contributed by atoms with Crippen molar-refractivity contribution in [1.29, 1.82) is 0 Å². The van der Waals surface area contributed by atoms with Gasteiger partial charge in [0.15, 0.2) is 0 Å². The number of nitrogens with one attached hydrogen (secondary N) is 1. The normalized spacial score (nSPS) is 11.8. The second-order valence-corrected chi connectivity index (χ2v) is 6.81. The highest BCUT2D eigenvalue weighted by atomic mass is 79.9. The van der Waals surface area contributed by atoms with Gasteiger partial charge in [-0.1, -0.05) is 12.1 Å². The Balaban J connectivity index is 2.43. The minimum atomic E-state index is -3.54. The molecule has 0 atom stereocenters. The summed E-state index contributed by atoms with van der Waals surface area (Å²) in [6.45, 7) is 0. The fraction of sp³-hybridized carbons (Fsp3) is 0.182. The predicted molar refractivity (Wildman–Crippen MR) is 77.5 cm³/mol. The van der Waals surface area contributed by atoms with Crippen molar-refractivity contribution in [1.82, 2.24) is 14.1 Å². The molecule has 1 aromatic carbocycles. The molecule has 0 unspecified atom stereocenters. The Bertz CT molecular complexity index is 682. The summed E-state index contributed by atoms with van der Waals surface area (Å²) < 4.78 is 29.8. The minimum Gasteiger partial charge on any atom is -0.269 e. The summed E-state index contributed by atoms with van der Waals surface area (Å²) in [6, 6.07) is 7.05. The number of hydrogen-bond donors (Lipinski definition) is 1. The smallest absolute Gasteiger partial charge is 0.269 e.